The van der Waals surface area contributed by atoms with Crippen molar-refractivity contribution in [3.8, 4) is 0 Å². The van der Waals surface area contributed by atoms with Gasteiger partial charge in [0.25, 0.3) is 0 Å². The molecule has 1 saturated heterocycles. The third-order valence-corrected chi connectivity index (χ3v) is 4.54. The molecule has 1 fully saturated rings. The Morgan fingerprint density at radius 2 is 1.74 bits per heavy atom. The van der Waals surface area contributed by atoms with Crippen LogP contribution in [-0.2, 0) is 16.1 Å². The zero-order valence-corrected chi connectivity index (χ0v) is 13.6. The van der Waals surface area contributed by atoms with Crippen molar-refractivity contribution >= 4 is 22.7 Å². The molecular formula is C18H23N3O2. The molecule has 2 heterocycles. The van der Waals surface area contributed by atoms with E-state index in [0.717, 1.165) is 19.5 Å². The number of nitrogens with zero attached hydrogens (tertiary/aromatic N) is 3. The minimum absolute atomic E-state index is 0.0955. The first kappa shape index (κ1) is 15.6. The van der Waals surface area contributed by atoms with Crippen LogP contribution < -0.4 is 0 Å². The molecule has 1 aliphatic rings. The number of aromatic nitrogens is 1. The molecule has 0 N–H and O–H groups in total. The molecule has 5 heteroatoms. The first-order valence-corrected chi connectivity index (χ1v) is 8.22. The van der Waals surface area contributed by atoms with E-state index in [9.17, 15) is 9.59 Å². The Labute approximate surface area is 136 Å². The number of amides is 2. The molecule has 0 bridgehead atoms. The first-order chi connectivity index (χ1) is 11.1. The van der Waals surface area contributed by atoms with Gasteiger partial charge in [-0.2, -0.15) is 0 Å². The minimum atomic E-state index is 0.0955. The number of hydrogen-bond acceptors (Lipinski definition) is 2. The van der Waals surface area contributed by atoms with Crippen molar-refractivity contribution in [1.29, 1.82) is 0 Å². The normalized spacial score (nSPS) is 15.7. The average molecular weight is 313 g/mol. The highest BCUT2D eigenvalue weighted by Crippen LogP contribution is 2.16. The predicted molar refractivity (Wildman–Crippen MR) is 90.0 cm³/mol. The Kier molecular flexibility index (Phi) is 4.65. The average Bonchev–Trinajstić information content (AvgIpc) is 2.79. The molecule has 0 saturated carbocycles. The van der Waals surface area contributed by atoms with Crippen LogP contribution in [0.5, 0.6) is 0 Å². The summed E-state index contributed by atoms with van der Waals surface area (Å²) in [6.07, 6.45) is 3.40. The van der Waals surface area contributed by atoms with Crippen LogP contribution in [0.1, 0.15) is 19.8 Å². The van der Waals surface area contributed by atoms with E-state index in [1.165, 1.54) is 10.9 Å². The summed E-state index contributed by atoms with van der Waals surface area (Å²) in [6.45, 7) is 5.07. The van der Waals surface area contributed by atoms with Gasteiger partial charge in [0.2, 0.25) is 11.8 Å². The monoisotopic (exact) mass is 313 g/mol. The number of benzene rings is 1. The van der Waals surface area contributed by atoms with E-state index >= 15 is 0 Å². The molecule has 0 radical (unpaired) electrons. The number of para-hydroxylation sites is 1. The van der Waals surface area contributed by atoms with Crippen molar-refractivity contribution in [1.82, 2.24) is 14.4 Å². The SMILES string of the molecule is CC(=O)N1CCCN(C(=O)CCn2ccc3ccccc32)CC1. The van der Waals surface area contributed by atoms with Gasteiger partial charge in [-0.3, -0.25) is 9.59 Å². The van der Waals surface area contributed by atoms with Crippen molar-refractivity contribution in [2.24, 2.45) is 0 Å². The number of aryl methyl sites for hydroxylation is 1. The van der Waals surface area contributed by atoms with Gasteiger partial charge >= 0.3 is 0 Å². The summed E-state index contributed by atoms with van der Waals surface area (Å²) in [5, 5.41) is 1.20. The fraction of sp³-hybridized carbons (Fsp3) is 0.444. The highest BCUT2D eigenvalue weighted by Gasteiger charge is 2.20. The molecule has 122 valence electrons. The number of carbonyl (C=O) groups is 2. The highest BCUT2D eigenvalue weighted by molar-refractivity contribution is 5.80. The summed E-state index contributed by atoms with van der Waals surface area (Å²) in [7, 11) is 0. The van der Waals surface area contributed by atoms with Crippen LogP contribution in [0.4, 0.5) is 0 Å². The maximum Gasteiger partial charge on any atom is 0.224 e. The van der Waals surface area contributed by atoms with Crippen molar-refractivity contribution in [2.45, 2.75) is 26.3 Å². The number of hydrogen-bond donors (Lipinski definition) is 0. The highest BCUT2D eigenvalue weighted by atomic mass is 16.2. The van der Waals surface area contributed by atoms with Crippen molar-refractivity contribution < 1.29 is 9.59 Å². The van der Waals surface area contributed by atoms with Gasteiger partial charge in [0.1, 0.15) is 0 Å². The zero-order valence-electron chi connectivity index (χ0n) is 13.6. The van der Waals surface area contributed by atoms with E-state index in [-0.39, 0.29) is 11.8 Å². The molecule has 23 heavy (non-hydrogen) atoms. The van der Waals surface area contributed by atoms with Gasteiger partial charge in [0, 0.05) is 57.8 Å². The quantitative estimate of drug-likeness (QED) is 0.871. The molecule has 3 rings (SSSR count). The van der Waals surface area contributed by atoms with Gasteiger partial charge in [0.05, 0.1) is 0 Å². The molecular weight excluding hydrogens is 290 g/mol. The minimum Gasteiger partial charge on any atom is -0.347 e. The van der Waals surface area contributed by atoms with Crippen molar-refractivity contribution in [2.75, 3.05) is 26.2 Å². The van der Waals surface area contributed by atoms with Crippen LogP contribution in [0.3, 0.4) is 0 Å². The summed E-state index contributed by atoms with van der Waals surface area (Å²) in [6, 6.07) is 10.3. The van der Waals surface area contributed by atoms with Gasteiger partial charge in [0.15, 0.2) is 0 Å². The number of carbonyl (C=O) groups excluding carboxylic acids is 2. The van der Waals surface area contributed by atoms with Gasteiger partial charge in [-0.05, 0) is 23.9 Å². The largest absolute Gasteiger partial charge is 0.347 e. The van der Waals surface area contributed by atoms with E-state index in [4.69, 9.17) is 0 Å². The molecule has 0 spiro atoms. The molecule has 0 atom stereocenters. The van der Waals surface area contributed by atoms with Crippen molar-refractivity contribution in [3.63, 3.8) is 0 Å². The summed E-state index contributed by atoms with van der Waals surface area (Å²) in [4.78, 5) is 27.6. The van der Waals surface area contributed by atoms with Gasteiger partial charge < -0.3 is 14.4 Å². The Hall–Kier alpha value is -2.30. The molecule has 1 aromatic carbocycles. The lowest BCUT2D eigenvalue weighted by molar-refractivity contribution is -0.132. The van der Waals surface area contributed by atoms with E-state index in [2.05, 4.69) is 22.8 Å². The van der Waals surface area contributed by atoms with Gasteiger partial charge in [-0.1, -0.05) is 18.2 Å². The third-order valence-electron chi connectivity index (χ3n) is 4.54. The van der Waals surface area contributed by atoms with Gasteiger partial charge in [-0.15, -0.1) is 0 Å². The maximum atomic E-state index is 12.5. The van der Waals surface area contributed by atoms with E-state index < -0.39 is 0 Å². The standard InChI is InChI=1S/C18H23N3O2/c1-15(22)19-9-4-10-21(14-13-19)18(23)8-12-20-11-7-16-5-2-3-6-17(16)20/h2-3,5-7,11H,4,8-10,12-14H2,1H3. The lowest BCUT2D eigenvalue weighted by Crippen LogP contribution is -2.36. The molecule has 1 aliphatic heterocycles. The second-order valence-electron chi connectivity index (χ2n) is 6.06. The predicted octanol–water partition coefficient (Wildman–Crippen LogP) is 2.11. The molecule has 2 aromatic rings. The lowest BCUT2D eigenvalue weighted by Gasteiger charge is -2.21. The Morgan fingerprint density at radius 3 is 2.57 bits per heavy atom. The molecule has 0 unspecified atom stereocenters. The second kappa shape index (κ2) is 6.86. The second-order valence-corrected chi connectivity index (χ2v) is 6.06. The van der Waals surface area contributed by atoms with Crippen LogP contribution in [-0.4, -0.2) is 52.4 Å². The fourth-order valence-electron chi connectivity index (χ4n) is 3.19. The summed E-state index contributed by atoms with van der Waals surface area (Å²) < 4.78 is 2.13. The molecule has 1 aromatic heterocycles. The summed E-state index contributed by atoms with van der Waals surface area (Å²) in [5.41, 5.74) is 1.17. The number of rotatable bonds is 3. The van der Waals surface area contributed by atoms with Gasteiger partial charge in [-0.25, -0.2) is 0 Å². The van der Waals surface area contributed by atoms with Crippen LogP contribution in [0, 0.1) is 0 Å². The molecule has 2 amide bonds. The van der Waals surface area contributed by atoms with E-state index in [0.29, 0.717) is 26.1 Å². The van der Waals surface area contributed by atoms with E-state index in [1.54, 1.807) is 6.92 Å². The maximum absolute atomic E-state index is 12.5. The first-order valence-electron chi connectivity index (χ1n) is 8.22. The van der Waals surface area contributed by atoms with E-state index in [1.807, 2.05) is 28.1 Å². The van der Waals surface area contributed by atoms with Crippen LogP contribution in [0.2, 0.25) is 0 Å². The van der Waals surface area contributed by atoms with Crippen molar-refractivity contribution in [3.05, 3.63) is 36.5 Å². The van der Waals surface area contributed by atoms with Crippen LogP contribution in [0.15, 0.2) is 36.5 Å². The third kappa shape index (κ3) is 3.55. The zero-order chi connectivity index (χ0) is 16.2. The molecule has 5 nitrogen and oxygen atoms in total. The van der Waals surface area contributed by atoms with Crippen LogP contribution in [0.25, 0.3) is 10.9 Å². The Morgan fingerprint density at radius 1 is 1.00 bits per heavy atom. The Bertz CT molecular complexity index is 707. The summed E-state index contributed by atoms with van der Waals surface area (Å²) >= 11 is 0. The smallest absolute Gasteiger partial charge is 0.224 e. The van der Waals surface area contributed by atoms with Crippen LogP contribution >= 0.6 is 0 Å². The summed E-state index contributed by atoms with van der Waals surface area (Å²) in [5.74, 6) is 0.270. The number of fused-ring (bicyclic) bond motifs is 1. The molecule has 0 aliphatic carbocycles. The topological polar surface area (TPSA) is 45.6 Å². The Balaban J connectivity index is 1.58. The fourth-order valence-corrected chi connectivity index (χ4v) is 3.19. The lowest BCUT2D eigenvalue weighted by atomic mass is 10.2.